The second-order valence-electron chi connectivity index (χ2n) is 24.3. The quantitative estimate of drug-likeness (QED) is 0.0983. The van der Waals surface area contributed by atoms with Gasteiger partial charge in [-0.2, -0.15) is 10.2 Å². The van der Waals surface area contributed by atoms with Crippen molar-refractivity contribution < 1.29 is 0 Å². The molecule has 0 radical (unpaired) electrons. The van der Waals surface area contributed by atoms with Crippen molar-refractivity contribution in [3.8, 4) is 0 Å². The number of hydrogen-bond donors (Lipinski definition) is 5. The Hall–Kier alpha value is -6.83. The lowest BCUT2D eigenvalue weighted by atomic mass is 9.87. The molecule has 70 heavy (non-hydrogen) atoms. The SMILES string of the molecule is CC(C)(C)C.CC(C)(C)c1[nH]nc2ncccc12.CC(C)(C)c1c[nH]c2ncccc12.CC(C)(C)c1c[nH]c2nccnc12.CC(C)(C)c1c[nH]c2ncncc12.CC(C)(C)c1c[nH]c2nnccc12. The van der Waals surface area contributed by atoms with Gasteiger partial charge < -0.3 is 19.9 Å². The van der Waals surface area contributed by atoms with E-state index in [9.17, 15) is 0 Å². The molecule has 372 valence electrons. The van der Waals surface area contributed by atoms with Crippen LogP contribution in [0.5, 0.6) is 0 Å². The number of rotatable bonds is 0. The first kappa shape index (κ1) is 54.1. The largest absolute Gasteiger partial charge is 0.346 e. The van der Waals surface area contributed by atoms with Crippen LogP contribution < -0.4 is 0 Å². The van der Waals surface area contributed by atoms with Crippen molar-refractivity contribution in [1.29, 1.82) is 0 Å². The van der Waals surface area contributed by atoms with Gasteiger partial charge >= 0.3 is 0 Å². The molecule has 0 aliphatic rings. The molecule has 0 amide bonds. The van der Waals surface area contributed by atoms with Gasteiger partial charge in [0.2, 0.25) is 0 Å². The molecule has 0 unspecified atom stereocenters. The molecule has 10 heterocycles. The summed E-state index contributed by atoms with van der Waals surface area (Å²) >= 11 is 0. The van der Waals surface area contributed by atoms with Crippen LogP contribution in [0.1, 0.15) is 159 Å². The van der Waals surface area contributed by atoms with E-state index in [1.807, 2.05) is 55.2 Å². The molecule has 0 aromatic carbocycles. The van der Waals surface area contributed by atoms with Crippen molar-refractivity contribution in [2.24, 2.45) is 5.41 Å². The molecule has 14 heteroatoms. The van der Waals surface area contributed by atoms with E-state index in [1.54, 1.807) is 31.1 Å². The van der Waals surface area contributed by atoms with Crippen molar-refractivity contribution >= 4 is 55.3 Å². The molecule has 0 spiro atoms. The van der Waals surface area contributed by atoms with Crippen LogP contribution in [-0.2, 0) is 27.1 Å². The third-order valence-electron chi connectivity index (χ3n) is 10.8. The van der Waals surface area contributed by atoms with Gasteiger partial charge in [0.15, 0.2) is 16.9 Å². The molecule has 0 aliphatic heterocycles. The van der Waals surface area contributed by atoms with Gasteiger partial charge in [-0.1, -0.05) is 132 Å². The normalized spacial score (nSPS) is 12.2. The summed E-state index contributed by atoms with van der Waals surface area (Å²) in [5.74, 6) is 0. The van der Waals surface area contributed by atoms with E-state index in [0.717, 1.165) is 50.2 Å². The second kappa shape index (κ2) is 21.4. The average Bonchev–Trinajstić information content (AvgIpc) is 4.11. The zero-order chi connectivity index (χ0) is 51.9. The molecule has 0 aliphatic carbocycles. The van der Waals surface area contributed by atoms with E-state index in [1.165, 1.54) is 33.0 Å². The highest BCUT2D eigenvalue weighted by Crippen LogP contribution is 2.31. The van der Waals surface area contributed by atoms with Crippen LogP contribution >= 0.6 is 0 Å². The van der Waals surface area contributed by atoms with Crippen LogP contribution in [0.15, 0.2) is 98.6 Å². The van der Waals surface area contributed by atoms with Crippen molar-refractivity contribution in [3.63, 3.8) is 0 Å². The first-order chi connectivity index (χ1) is 32.4. The Morgan fingerprint density at radius 2 is 0.857 bits per heavy atom. The predicted molar refractivity (Wildman–Crippen MR) is 290 cm³/mol. The third kappa shape index (κ3) is 14.6. The van der Waals surface area contributed by atoms with Crippen molar-refractivity contribution in [2.75, 3.05) is 0 Å². The molecule has 5 N–H and O–H groups in total. The highest BCUT2D eigenvalue weighted by molar-refractivity contribution is 5.82. The molecule has 0 atom stereocenters. The summed E-state index contributed by atoms with van der Waals surface area (Å²) in [6.07, 6.45) is 20.2. The van der Waals surface area contributed by atoms with Gasteiger partial charge in [-0.15, -0.1) is 5.10 Å². The number of nitrogens with one attached hydrogen (secondary N) is 5. The number of hydrogen-bond acceptors (Lipinski definition) is 9. The van der Waals surface area contributed by atoms with Gasteiger partial charge in [0, 0.05) is 88.3 Å². The molecule has 0 bridgehead atoms. The van der Waals surface area contributed by atoms with Crippen LogP contribution in [0.2, 0.25) is 0 Å². The molecule has 10 aromatic heterocycles. The fraction of sp³-hybridized carbons (Fsp3) is 0.446. The molecule has 14 nitrogen and oxygen atoms in total. The second-order valence-corrected chi connectivity index (χ2v) is 24.3. The summed E-state index contributed by atoms with van der Waals surface area (Å²) in [7, 11) is 0. The number of aromatic nitrogens is 14. The molecule has 10 aromatic rings. The summed E-state index contributed by atoms with van der Waals surface area (Å²) in [6.45, 7) is 41.5. The number of pyridine rings is 2. The number of nitrogens with zero attached hydrogens (tertiary/aromatic N) is 9. The fourth-order valence-corrected chi connectivity index (χ4v) is 7.39. The first-order valence-electron chi connectivity index (χ1n) is 24.0. The van der Waals surface area contributed by atoms with Crippen LogP contribution in [-0.4, -0.2) is 70.2 Å². The number of H-pyrrole nitrogens is 5. The standard InChI is InChI=1S/C11H14N2.4C10H13N3.C5H12/c1-11(2,3)9-7-13-10-8(9)5-4-6-12-10;1-10(2,3)8-5-12-9-7(8)4-11-6-13-9;1-10(2,3)7-6-13-9-8(7)11-4-5-12-9;1-10(2,3)8-6-11-9-7(8)4-5-12-13-9;1-10(2,3)8-7-5-4-6-11-9(7)13-12-8;1-5(2,3)4/h4-7H,1-3H3,(H,12,13);4-6H,1-3H3,(H,11,12,13);4-6H,1-3H3,(H,12,13);4-6H,1-3H3,(H,11,13);4-6H,1-3H3,(H,11,12,13);1-4H3. The lowest BCUT2D eigenvalue weighted by molar-refractivity contribution is 0.469. The van der Waals surface area contributed by atoms with Gasteiger partial charge in [-0.25, -0.2) is 24.9 Å². The minimum atomic E-state index is 0.0950. The maximum absolute atomic E-state index is 4.31. The zero-order valence-corrected chi connectivity index (χ0v) is 45.3. The summed E-state index contributed by atoms with van der Waals surface area (Å²) in [4.78, 5) is 37.7. The molecule has 10 rings (SSSR count). The maximum Gasteiger partial charge on any atom is 0.181 e. The molecule has 0 saturated heterocycles. The Balaban J connectivity index is 0.000000159. The maximum atomic E-state index is 4.31. The van der Waals surface area contributed by atoms with E-state index in [4.69, 9.17) is 0 Å². The van der Waals surface area contributed by atoms with Gasteiger partial charge in [0.05, 0.1) is 11.9 Å². The van der Waals surface area contributed by atoms with Crippen molar-refractivity contribution in [3.05, 3.63) is 127 Å². The van der Waals surface area contributed by atoms with E-state index in [0.29, 0.717) is 5.41 Å². The predicted octanol–water partition coefficient (Wildman–Crippen LogP) is 13.9. The van der Waals surface area contributed by atoms with E-state index >= 15 is 0 Å². The first-order valence-corrected chi connectivity index (χ1v) is 24.0. The minimum Gasteiger partial charge on any atom is -0.346 e. The van der Waals surface area contributed by atoms with Crippen LogP contribution in [0.3, 0.4) is 0 Å². The van der Waals surface area contributed by atoms with Gasteiger partial charge in [-0.3, -0.25) is 10.1 Å². The Morgan fingerprint density at radius 3 is 1.43 bits per heavy atom. The summed E-state index contributed by atoms with van der Waals surface area (Å²) in [6, 6.07) is 10.1. The molecule has 0 fully saturated rings. The third-order valence-corrected chi connectivity index (χ3v) is 10.8. The minimum absolute atomic E-state index is 0.0950. The monoisotopic (exact) mass is 947 g/mol. The van der Waals surface area contributed by atoms with E-state index < -0.39 is 0 Å². The van der Waals surface area contributed by atoms with Crippen molar-refractivity contribution in [1.82, 2.24) is 70.2 Å². The van der Waals surface area contributed by atoms with Crippen LogP contribution in [0.4, 0.5) is 0 Å². The lowest BCUT2D eigenvalue weighted by Crippen LogP contribution is -2.11. The van der Waals surface area contributed by atoms with E-state index in [-0.39, 0.29) is 27.1 Å². The Morgan fingerprint density at radius 1 is 0.400 bits per heavy atom. The lowest BCUT2D eigenvalue weighted by Gasteiger charge is -2.16. The summed E-state index contributed by atoms with van der Waals surface area (Å²) < 4.78 is 0. The van der Waals surface area contributed by atoms with Crippen molar-refractivity contribution in [2.45, 2.75) is 159 Å². The van der Waals surface area contributed by atoms with Crippen LogP contribution in [0, 0.1) is 5.41 Å². The van der Waals surface area contributed by atoms with Gasteiger partial charge in [0.1, 0.15) is 23.1 Å². The van der Waals surface area contributed by atoms with E-state index in [2.05, 4.69) is 214 Å². The molecular weight excluding hydrogens is 869 g/mol. The average molecular weight is 947 g/mol. The van der Waals surface area contributed by atoms with Crippen LogP contribution in [0.25, 0.3) is 55.3 Å². The Labute approximate surface area is 414 Å². The number of aromatic amines is 5. The fourth-order valence-electron chi connectivity index (χ4n) is 7.39. The Bertz CT molecular complexity index is 2700. The Kier molecular flexibility index (Phi) is 16.6. The zero-order valence-electron chi connectivity index (χ0n) is 45.3. The summed E-state index contributed by atoms with van der Waals surface area (Å²) in [5.41, 5.74) is 12.9. The highest BCUT2D eigenvalue weighted by Gasteiger charge is 2.22. The topological polar surface area (TPSA) is 195 Å². The van der Waals surface area contributed by atoms with Gasteiger partial charge in [0.25, 0.3) is 0 Å². The summed E-state index contributed by atoms with van der Waals surface area (Å²) in [5, 5.41) is 19.7. The molecular formula is C56H78N14. The van der Waals surface area contributed by atoms with Gasteiger partial charge in [-0.05, 0) is 74.1 Å². The number of fused-ring (bicyclic) bond motifs is 5. The smallest absolute Gasteiger partial charge is 0.181 e. The highest BCUT2D eigenvalue weighted by atomic mass is 15.2. The molecule has 0 saturated carbocycles.